The highest BCUT2D eigenvalue weighted by Gasteiger charge is 2.41. The maximum absolute atomic E-state index is 13.5. The Morgan fingerprint density at radius 1 is 1.14 bits per heavy atom. The summed E-state index contributed by atoms with van der Waals surface area (Å²) in [6.07, 6.45) is 3.45. The van der Waals surface area contributed by atoms with Gasteiger partial charge in [-0.1, -0.05) is 43.3 Å². The Bertz CT molecular complexity index is 889. The number of carbonyl (C=O) groups is 2. The van der Waals surface area contributed by atoms with Crippen molar-refractivity contribution in [2.45, 2.75) is 44.7 Å². The van der Waals surface area contributed by atoms with Crippen LogP contribution in [0.4, 0.5) is 0 Å². The molecule has 1 saturated carbocycles. The quantitative estimate of drug-likeness (QED) is 0.814. The monoisotopic (exact) mass is 392 g/mol. The average Bonchev–Trinajstić information content (AvgIpc) is 3.61. The van der Waals surface area contributed by atoms with Gasteiger partial charge < -0.3 is 15.0 Å². The van der Waals surface area contributed by atoms with Crippen molar-refractivity contribution in [1.82, 2.24) is 10.2 Å². The molecule has 2 atom stereocenters. The molecule has 1 heterocycles. The van der Waals surface area contributed by atoms with E-state index in [0.29, 0.717) is 6.54 Å². The van der Waals surface area contributed by atoms with Crippen LogP contribution in [0.25, 0.3) is 0 Å². The molecule has 1 N–H and O–H groups in total. The van der Waals surface area contributed by atoms with Gasteiger partial charge in [-0.25, -0.2) is 0 Å². The van der Waals surface area contributed by atoms with Gasteiger partial charge in [-0.3, -0.25) is 9.59 Å². The van der Waals surface area contributed by atoms with E-state index in [9.17, 15) is 9.59 Å². The van der Waals surface area contributed by atoms with Crippen LogP contribution in [-0.4, -0.2) is 30.4 Å². The van der Waals surface area contributed by atoms with Crippen LogP contribution in [-0.2, 0) is 16.0 Å². The minimum Gasteiger partial charge on any atom is -0.497 e. The Morgan fingerprint density at radius 2 is 1.86 bits per heavy atom. The van der Waals surface area contributed by atoms with Gasteiger partial charge >= 0.3 is 0 Å². The summed E-state index contributed by atoms with van der Waals surface area (Å²) in [7, 11) is 1.64. The first-order valence-electron chi connectivity index (χ1n) is 10.4. The van der Waals surface area contributed by atoms with E-state index in [4.69, 9.17) is 4.74 Å². The average molecular weight is 392 g/mol. The summed E-state index contributed by atoms with van der Waals surface area (Å²) in [5, 5.41) is 3.20. The molecule has 5 nitrogen and oxygen atoms in total. The summed E-state index contributed by atoms with van der Waals surface area (Å²) in [6, 6.07) is 15.1. The molecule has 1 aliphatic heterocycles. The zero-order chi connectivity index (χ0) is 20.4. The van der Waals surface area contributed by atoms with Crippen molar-refractivity contribution in [3.63, 3.8) is 0 Å². The van der Waals surface area contributed by atoms with E-state index in [-0.39, 0.29) is 23.8 Å². The second-order valence-electron chi connectivity index (χ2n) is 7.90. The molecule has 0 saturated heterocycles. The van der Waals surface area contributed by atoms with E-state index in [2.05, 4.69) is 18.3 Å². The number of ether oxygens (including phenoxy) is 1. The lowest BCUT2D eigenvalue weighted by molar-refractivity contribution is -0.142. The summed E-state index contributed by atoms with van der Waals surface area (Å²) in [4.78, 5) is 28.2. The number of nitrogens with one attached hydrogen (secondary N) is 1. The van der Waals surface area contributed by atoms with E-state index in [1.807, 2.05) is 42.5 Å². The lowest BCUT2D eigenvalue weighted by Crippen LogP contribution is -2.48. The van der Waals surface area contributed by atoms with Crippen LogP contribution >= 0.6 is 0 Å². The number of fused-ring (bicyclic) bond motifs is 1. The minimum atomic E-state index is -0.555. The number of carbonyl (C=O) groups excluding carboxylic acids is 2. The third kappa shape index (κ3) is 4.00. The molecular formula is C24H28N2O3. The lowest BCUT2D eigenvalue weighted by Gasteiger charge is -2.37. The van der Waals surface area contributed by atoms with Gasteiger partial charge in [-0.05, 0) is 54.5 Å². The van der Waals surface area contributed by atoms with E-state index >= 15 is 0 Å². The van der Waals surface area contributed by atoms with Gasteiger partial charge in [0.1, 0.15) is 11.8 Å². The Labute approximate surface area is 172 Å². The maximum Gasteiger partial charge on any atom is 0.247 e. The predicted molar refractivity (Wildman–Crippen MR) is 111 cm³/mol. The largest absolute Gasteiger partial charge is 0.497 e. The van der Waals surface area contributed by atoms with Crippen LogP contribution in [0, 0.1) is 5.92 Å². The number of amides is 2. The van der Waals surface area contributed by atoms with Crippen LogP contribution in [0.15, 0.2) is 48.5 Å². The fourth-order valence-corrected chi connectivity index (χ4v) is 4.16. The fraction of sp³-hybridized carbons (Fsp3) is 0.417. The topological polar surface area (TPSA) is 58.6 Å². The normalized spacial score (nSPS) is 19.2. The summed E-state index contributed by atoms with van der Waals surface area (Å²) in [5.74, 6) is 0.905. The van der Waals surface area contributed by atoms with E-state index in [1.165, 1.54) is 0 Å². The van der Waals surface area contributed by atoms with Crippen LogP contribution in [0.3, 0.4) is 0 Å². The van der Waals surface area contributed by atoms with Gasteiger partial charge in [-0.15, -0.1) is 0 Å². The summed E-state index contributed by atoms with van der Waals surface area (Å²) >= 11 is 0. The minimum absolute atomic E-state index is 0.0964. The Kier molecular flexibility index (Phi) is 5.56. The zero-order valence-electron chi connectivity index (χ0n) is 17.1. The standard InChI is InChI=1S/C24H28N2O3/c1-3-21(17-10-12-19(29-2)13-11-17)25-23(27)22-20-7-5-4-6-16(20)14-15-26(22)24(28)18-8-9-18/h4-7,10-13,18,21-22H,3,8-9,14-15H2,1-2H3,(H,25,27). The molecule has 2 aliphatic rings. The van der Waals surface area contributed by atoms with Crippen LogP contribution in [0.1, 0.15) is 55.0 Å². The van der Waals surface area contributed by atoms with E-state index in [0.717, 1.165) is 48.1 Å². The first-order valence-corrected chi connectivity index (χ1v) is 10.4. The van der Waals surface area contributed by atoms with Crippen molar-refractivity contribution in [3.05, 3.63) is 65.2 Å². The van der Waals surface area contributed by atoms with Crippen LogP contribution in [0.5, 0.6) is 5.75 Å². The fourth-order valence-electron chi connectivity index (χ4n) is 4.16. The molecule has 29 heavy (non-hydrogen) atoms. The molecule has 0 bridgehead atoms. The second-order valence-corrected chi connectivity index (χ2v) is 7.90. The number of hydrogen-bond donors (Lipinski definition) is 1. The van der Waals surface area contributed by atoms with Crippen molar-refractivity contribution in [2.24, 2.45) is 5.92 Å². The predicted octanol–water partition coefficient (Wildman–Crippen LogP) is 3.80. The van der Waals surface area contributed by atoms with Gasteiger partial charge in [0.2, 0.25) is 11.8 Å². The number of nitrogens with zero attached hydrogens (tertiary/aromatic N) is 1. The first-order chi connectivity index (χ1) is 14.1. The molecule has 4 rings (SSSR count). The number of hydrogen-bond acceptors (Lipinski definition) is 3. The van der Waals surface area contributed by atoms with Crippen molar-refractivity contribution < 1.29 is 14.3 Å². The van der Waals surface area contributed by atoms with Crippen LogP contribution < -0.4 is 10.1 Å². The van der Waals surface area contributed by atoms with Crippen molar-refractivity contribution in [2.75, 3.05) is 13.7 Å². The van der Waals surface area contributed by atoms with Crippen LogP contribution in [0.2, 0.25) is 0 Å². The number of benzene rings is 2. The zero-order valence-corrected chi connectivity index (χ0v) is 17.1. The lowest BCUT2D eigenvalue weighted by atomic mass is 9.91. The number of methoxy groups -OCH3 is 1. The van der Waals surface area contributed by atoms with Crippen molar-refractivity contribution in [3.8, 4) is 5.75 Å². The van der Waals surface area contributed by atoms with Gasteiger partial charge in [-0.2, -0.15) is 0 Å². The van der Waals surface area contributed by atoms with Gasteiger partial charge in [0.15, 0.2) is 0 Å². The molecule has 1 aliphatic carbocycles. The molecule has 1 fully saturated rings. The van der Waals surface area contributed by atoms with E-state index in [1.54, 1.807) is 12.0 Å². The molecule has 2 aromatic rings. The SMILES string of the molecule is CCC(NC(=O)C1c2ccccc2CCN1C(=O)C1CC1)c1ccc(OC)cc1. The third-order valence-electron chi connectivity index (χ3n) is 5.98. The first kappa shape index (κ1) is 19.5. The van der Waals surface area contributed by atoms with E-state index < -0.39 is 6.04 Å². The Hall–Kier alpha value is -2.82. The second kappa shape index (κ2) is 8.27. The molecular weight excluding hydrogens is 364 g/mol. The highest BCUT2D eigenvalue weighted by molar-refractivity contribution is 5.91. The maximum atomic E-state index is 13.5. The number of rotatable bonds is 6. The molecule has 152 valence electrons. The van der Waals surface area contributed by atoms with Crippen molar-refractivity contribution >= 4 is 11.8 Å². The smallest absolute Gasteiger partial charge is 0.247 e. The van der Waals surface area contributed by atoms with Gasteiger partial charge in [0.05, 0.1) is 13.2 Å². The molecule has 0 aromatic heterocycles. The molecule has 2 unspecified atom stereocenters. The highest BCUT2D eigenvalue weighted by Crippen LogP contribution is 2.37. The molecule has 5 heteroatoms. The summed E-state index contributed by atoms with van der Waals surface area (Å²) in [6.45, 7) is 2.65. The molecule has 0 spiro atoms. The molecule has 2 amide bonds. The summed E-state index contributed by atoms with van der Waals surface area (Å²) in [5.41, 5.74) is 3.14. The molecule has 2 aromatic carbocycles. The van der Waals surface area contributed by atoms with Gasteiger partial charge in [0.25, 0.3) is 0 Å². The third-order valence-corrected chi connectivity index (χ3v) is 5.98. The molecule has 0 radical (unpaired) electrons. The van der Waals surface area contributed by atoms with Gasteiger partial charge in [0, 0.05) is 12.5 Å². The Balaban J connectivity index is 1.60. The van der Waals surface area contributed by atoms with Crippen molar-refractivity contribution in [1.29, 1.82) is 0 Å². The Morgan fingerprint density at radius 3 is 2.52 bits per heavy atom. The highest BCUT2D eigenvalue weighted by atomic mass is 16.5. The summed E-state index contributed by atoms with van der Waals surface area (Å²) < 4.78 is 5.24.